The minimum Gasteiger partial charge on any atom is -0.495 e. The standard InChI is InChI=1S/C19H32Cl2N2O.2ClH/c1-4-6-10-23(11-7-5-2)12-8-9-22-15-16-13-17(20)14-18(21)19(16)24-3;;/h13-14,22H,4-12,15H2,1-3H3;2*1H. The molecule has 154 valence electrons. The van der Waals surface area contributed by atoms with Crippen LogP contribution < -0.4 is 10.1 Å². The first-order valence-corrected chi connectivity index (χ1v) is 9.82. The quantitative estimate of drug-likeness (QED) is 0.362. The monoisotopic (exact) mass is 446 g/mol. The lowest BCUT2D eigenvalue weighted by Gasteiger charge is -2.22. The molecule has 0 spiro atoms. The normalized spacial score (nSPS) is 10.4. The molecule has 7 heteroatoms. The summed E-state index contributed by atoms with van der Waals surface area (Å²) in [6, 6.07) is 3.62. The third-order valence-corrected chi connectivity index (χ3v) is 4.59. The molecule has 0 saturated heterocycles. The molecule has 1 rings (SSSR count). The van der Waals surface area contributed by atoms with Crippen LogP contribution in [0.3, 0.4) is 0 Å². The molecule has 3 nitrogen and oxygen atoms in total. The highest BCUT2D eigenvalue weighted by Crippen LogP contribution is 2.32. The highest BCUT2D eigenvalue weighted by Gasteiger charge is 2.09. The maximum Gasteiger partial charge on any atom is 0.142 e. The molecule has 0 saturated carbocycles. The van der Waals surface area contributed by atoms with Crippen molar-refractivity contribution in [3.63, 3.8) is 0 Å². The fourth-order valence-electron chi connectivity index (χ4n) is 2.72. The van der Waals surface area contributed by atoms with Crippen molar-refractivity contribution in [3.8, 4) is 5.75 Å². The largest absolute Gasteiger partial charge is 0.495 e. The van der Waals surface area contributed by atoms with E-state index >= 15 is 0 Å². The molecule has 0 aliphatic carbocycles. The Bertz CT molecular complexity index is 467. The molecule has 1 aromatic rings. The number of benzene rings is 1. The van der Waals surface area contributed by atoms with E-state index in [1.54, 1.807) is 13.2 Å². The smallest absolute Gasteiger partial charge is 0.142 e. The highest BCUT2D eigenvalue weighted by molar-refractivity contribution is 6.35. The minimum absolute atomic E-state index is 0. The first-order chi connectivity index (χ1) is 11.6. The van der Waals surface area contributed by atoms with Crippen LogP contribution in [0.25, 0.3) is 0 Å². The van der Waals surface area contributed by atoms with Crippen molar-refractivity contribution in [2.24, 2.45) is 0 Å². The zero-order valence-electron chi connectivity index (χ0n) is 16.2. The predicted octanol–water partition coefficient (Wildman–Crippen LogP) is 6.23. The van der Waals surface area contributed by atoms with Crippen LogP contribution in [0.5, 0.6) is 5.75 Å². The lowest BCUT2D eigenvalue weighted by atomic mass is 10.2. The van der Waals surface area contributed by atoms with Crippen LogP contribution in [0, 0.1) is 0 Å². The van der Waals surface area contributed by atoms with E-state index in [-0.39, 0.29) is 24.8 Å². The maximum atomic E-state index is 6.17. The molecular weight excluding hydrogens is 414 g/mol. The Balaban J connectivity index is 0. The lowest BCUT2D eigenvalue weighted by Crippen LogP contribution is -2.29. The zero-order valence-corrected chi connectivity index (χ0v) is 19.3. The average Bonchev–Trinajstić information content (AvgIpc) is 2.56. The second kappa shape index (κ2) is 17.2. The molecule has 0 radical (unpaired) electrons. The van der Waals surface area contributed by atoms with E-state index < -0.39 is 0 Å². The Kier molecular flexibility index (Phi) is 18.7. The van der Waals surface area contributed by atoms with Gasteiger partial charge < -0.3 is 15.0 Å². The van der Waals surface area contributed by atoms with Gasteiger partial charge in [-0.1, -0.05) is 49.9 Å². The van der Waals surface area contributed by atoms with Gasteiger partial charge in [0, 0.05) is 17.1 Å². The molecule has 0 aliphatic rings. The second-order valence-corrected chi connectivity index (χ2v) is 7.00. The van der Waals surface area contributed by atoms with E-state index in [4.69, 9.17) is 27.9 Å². The van der Waals surface area contributed by atoms with Gasteiger partial charge >= 0.3 is 0 Å². The molecule has 0 aliphatic heterocycles. The van der Waals surface area contributed by atoms with Crippen molar-refractivity contribution in [1.82, 2.24) is 10.2 Å². The number of unbranched alkanes of at least 4 members (excludes halogenated alkanes) is 2. The van der Waals surface area contributed by atoms with Gasteiger partial charge in [-0.05, 0) is 57.6 Å². The number of nitrogens with zero attached hydrogens (tertiary/aromatic N) is 1. The summed E-state index contributed by atoms with van der Waals surface area (Å²) >= 11 is 12.3. The van der Waals surface area contributed by atoms with Crippen molar-refractivity contribution in [1.29, 1.82) is 0 Å². The van der Waals surface area contributed by atoms with E-state index in [0.717, 1.165) is 25.1 Å². The molecule has 1 N–H and O–H groups in total. The van der Waals surface area contributed by atoms with Gasteiger partial charge in [0.1, 0.15) is 5.75 Å². The van der Waals surface area contributed by atoms with E-state index in [1.165, 1.54) is 38.8 Å². The molecule has 0 bridgehead atoms. The summed E-state index contributed by atoms with van der Waals surface area (Å²) in [6.07, 6.45) is 6.24. The first-order valence-electron chi connectivity index (χ1n) is 9.07. The summed E-state index contributed by atoms with van der Waals surface area (Å²) in [5, 5.41) is 4.68. The third-order valence-electron chi connectivity index (χ3n) is 4.09. The fourth-order valence-corrected chi connectivity index (χ4v) is 3.34. The van der Waals surface area contributed by atoms with Crippen LogP contribution in [0.15, 0.2) is 12.1 Å². The van der Waals surface area contributed by atoms with Crippen LogP contribution >= 0.6 is 48.0 Å². The van der Waals surface area contributed by atoms with Crippen molar-refractivity contribution < 1.29 is 4.74 Å². The molecule has 1 aromatic carbocycles. The predicted molar refractivity (Wildman–Crippen MR) is 120 cm³/mol. The van der Waals surface area contributed by atoms with E-state index in [0.29, 0.717) is 22.3 Å². The summed E-state index contributed by atoms with van der Waals surface area (Å²) in [6.45, 7) is 9.78. The minimum atomic E-state index is 0. The fraction of sp³-hybridized carbons (Fsp3) is 0.684. The Morgan fingerprint density at radius 3 is 2.08 bits per heavy atom. The van der Waals surface area contributed by atoms with Gasteiger partial charge in [0.25, 0.3) is 0 Å². The Morgan fingerprint density at radius 2 is 1.54 bits per heavy atom. The summed E-state index contributed by atoms with van der Waals surface area (Å²) in [7, 11) is 1.64. The van der Waals surface area contributed by atoms with E-state index in [2.05, 4.69) is 24.1 Å². The number of halogens is 4. The van der Waals surface area contributed by atoms with Gasteiger partial charge in [0.05, 0.1) is 12.1 Å². The summed E-state index contributed by atoms with van der Waals surface area (Å²) in [5.41, 5.74) is 1.00. The molecule has 0 fully saturated rings. The third kappa shape index (κ3) is 11.1. The molecular formula is C19H34Cl4N2O. The van der Waals surface area contributed by atoms with Gasteiger partial charge in [-0.25, -0.2) is 0 Å². The van der Waals surface area contributed by atoms with Gasteiger partial charge in [-0.2, -0.15) is 0 Å². The van der Waals surface area contributed by atoms with Gasteiger partial charge in [0.2, 0.25) is 0 Å². The molecule has 0 amide bonds. The Labute approximate surface area is 182 Å². The summed E-state index contributed by atoms with van der Waals surface area (Å²) < 4.78 is 5.38. The number of hydrogen-bond donors (Lipinski definition) is 1. The maximum absolute atomic E-state index is 6.17. The Hall–Kier alpha value is 0.1000. The highest BCUT2D eigenvalue weighted by atomic mass is 35.5. The topological polar surface area (TPSA) is 24.5 Å². The van der Waals surface area contributed by atoms with Crippen LogP contribution in [0.1, 0.15) is 51.5 Å². The van der Waals surface area contributed by atoms with Crippen molar-refractivity contribution in [2.75, 3.05) is 33.3 Å². The van der Waals surface area contributed by atoms with Crippen LogP contribution in [0.2, 0.25) is 10.0 Å². The SMILES string of the molecule is CCCCN(CCCC)CCCNCc1cc(Cl)cc(Cl)c1OC.Cl.Cl. The van der Waals surface area contributed by atoms with Crippen molar-refractivity contribution >= 4 is 48.0 Å². The van der Waals surface area contributed by atoms with Crippen LogP contribution in [-0.2, 0) is 6.54 Å². The van der Waals surface area contributed by atoms with Crippen molar-refractivity contribution in [2.45, 2.75) is 52.5 Å². The summed E-state index contributed by atoms with van der Waals surface area (Å²) in [4.78, 5) is 2.59. The number of rotatable bonds is 13. The lowest BCUT2D eigenvalue weighted by molar-refractivity contribution is 0.261. The number of ether oxygens (including phenoxy) is 1. The summed E-state index contributed by atoms with van der Waals surface area (Å²) in [5.74, 6) is 0.709. The number of methoxy groups -OCH3 is 1. The zero-order chi connectivity index (χ0) is 17.8. The van der Waals surface area contributed by atoms with Crippen LogP contribution in [-0.4, -0.2) is 38.2 Å². The molecule has 0 unspecified atom stereocenters. The average molecular weight is 448 g/mol. The molecule has 0 heterocycles. The van der Waals surface area contributed by atoms with Gasteiger partial charge in [-0.15, -0.1) is 24.8 Å². The van der Waals surface area contributed by atoms with Crippen LogP contribution in [0.4, 0.5) is 0 Å². The van der Waals surface area contributed by atoms with Crippen molar-refractivity contribution in [3.05, 3.63) is 27.7 Å². The first kappa shape index (κ1) is 28.3. The van der Waals surface area contributed by atoms with E-state index in [9.17, 15) is 0 Å². The molecule has 0 aromatic heterocycles. The van der Waals surface area contributed by atoms with Gasteiger partial charge in [0.15, 0.2) is 0 Å². The van der Waals surface area contributed by atoms with E-state index in [1.807, 2.05) is 6.07 Å². The number of nitrogens with one attached hydrogen (secondary N) is 1. The number of hydrogen-bond acceptors (Lipinski definition) is 3. The molecule has 26 heavy (non-hydrogen) atoms. The van der Waals surface area contributed by atoms with Gasteiger partial charge in [-0.3, -0.25) is 0 Å². The molecule has 0 atom stereocenters. The Morgan fingerprint density at radius 1 is 0.962 bits per heavy atom. The second-order valence-electron chi connectivity index (χ2n) is 6.16.